The number of carboxylic acids is 1. The standard InChI is InChI=1S/C13H11NO3/c15-13(16)11-12(17-7-14-11)10-5-4-8-2-1-3-9(8)6-10/h4-7H,1-3H2,(H,15,16). The van der Waals surface area contributed by atoms with Gasteiger partial charge in [0, 0.05) is 5.56 Å². The van der Waals surface area contributed by atoms with Crippen molar-refractivity contribution in [2.24, 2.45) is 0 Å². The third-order valence-electron chi connectivity index (χ3n) is 3.13. The molecule has 4 heteroatoms. The lowest BCUT2D eigenvalue weighted by Crippen LogP contribution is -1.98. The number of aromatic carboxylic acids is 1. The van der Waals surface area contributed by atoms with E-state index in [9.17, 15) is 4.79 Å². The third kappa shape index (κ3) is 1.62. The van der Waals surface area contributed by atoms with E-state index in [0.29, 0.717) is 5.76 Å². The Kier molecular flexibility index (Phi) is 2.21. The van der Waals surface area contributed by atoms with E-state index >= 15 is 0 Å². The molecule has 1 aliphatic rings. The maximum Gasteiger partial charge on any atom is 0.358 e. The number of hydrogen-bond donors (Lipinski definition) is 1. The van der Waals surface area contributed by atoms with Crippen LogP contribution in [0.15, 0.2) is 29.0 Å². The zero-order chi connectivity index (χ0) is 11.8. The Hall–Kier alpha value is -2.10. The Labute approximate surface area is 97.9 Å². The van der Waals surface area contributed by atoms with Crippen LogP contribution in [-0.2, 0) is 12.8 Å². The molecular formula is C13H11NO3. The molecule has 0 fully saturated rings. The van der Waals surface area contributed by atoms with Crippen LogP contribution < -0.4 is 0 Å². The minimum absolute atomic E-state index is 0.0250. The van der Waals surface area contributed by atoms with Crippen LogP contribution in [0, 0.1) is 0 Å². The molecule has 17 heavy (non-hydrogen) atoms. The average molecular weight is 229 g/mol. The molecule has 0 saturated heterocycles. The van der Waals surface area contributed by atoms with Gasteiger partial charge in [-0.05, 0) is 36.5 Å². The molecule has 0 unspecified atom stereocenters. The number of carbonyl (C=O) groups is 1. The van der Waals surface area contributed by atoms with E-state index in [1.54, 1.807) is 0 Å². The molecule has 1 aromatic heterocycles. The number of hydrogen-bond acceptors (Lipinski definition) is 3. The first kappa shape index (κ1) is 10.1. The van der Waals surface area contributed by atoms with Crippen LogP contribution in [0.5, 0.6) is 0 Å². The molecular weight excluding hydrogens is 218 g/mol. The maximum atomic E-state index is 11.0. The van der Waals surface area contributed by atoms with Gasteiger partial charge >= 0.3 is 5.97 Å². The highest BCUT2D eigenvalue weighted by Crippen LogP contribution is 2.29. The molecule has 0 atom stereocenters. The number of nitrogens with zero attached hydrogens (tertiary/aromatic N) is 1. The van der Waals surface area contributed by atoms with Gasteiger partial charge in [-0.15, -0.1) is 0 Å². The number of carboxylic acid groups (broad SMARTS) is 1. The molecule has 1 aliphatic carbocycles. The second-order valence-corrected chi connectivity index (χ2v) is 4.17. The van der Waals surface area contributed by atoms with Crippen molar-refractivity contribution in [1.82, 2.24) is 4.98 Å². The summed E-state index contributed by atoms with van der Waals surface area (Å²) >= 11 is 0. The highest BCUT2D eigenvalue weighted by Gasteiger charge is 2.19. The Morgan fingerprint density at radius 1 is 1.29 bits per heavy atom. The SMILES string of the molecule is O=C(O)c1ncoc1-c1ccc2c(c1)CCC2. The van der Waals surface area contributed by atoms with Gasteiger partial charge in [0.05, 0.1) is 0 Å². The van der Waals surface area contributed by atoms with Crippen LogP contribution in [0.3, 0.4) is 0 Å². The molecule has 0 saturated carbocycles. The predicted octanol–water partition coefficient (Wildman–Crippen LogP) is 2.53. The fraction of sp³-hybridized carbons (Fsp3) is 0.231. The molecule has 0 bridgehead atoms. The predicted molar refractivity (Wildman–Crippen MR) is 60.9 cm³/mol. The van der Waals surface area contributed by atoms with Crippen molar-refractivity contribution in [3.63, 3.8) is 0 Å². The van der Waals surface area contributed by atoms with Crippen LogP contribution in [0.2, 0.25) is 0 Å². The highest BCUT2D eigenvalue weighted by atomic mass is 16.4. The zero-order valence-electron chi connectivity index (χ0n) is 9.14. The zero-order valence-corrected chi connectivity index (χ0v) is 9.14. The summed E-state index contributed by atoms with van der Waals surface area (Å²) in [5.41, 5.74) is 3.41. The van der Waals surface area contributed by atoms with Crippen LogP contribution in [0.25, 0.3) is 11.3 Å². The first-order valence-corrected chi connectivity index (χ1v) is 5.54. The van der Waals surface area contributed by atoms with Crippen LogP contribution in [0.4, 0.5) is 0 Å². The van der Waals surface area contributed by atoms with E-state index in [0.717, 1.165) is 18.4 Å². The summed E-state index contributed by atoms with van der Waals surface area (Å²) in [6, 6.07) is 5.96. The van der Waals surface area contributed by atoms with Crippen molar-refractivity contribution in [3.8, 4) is 11.3 Å². The molecule has 0 radical (unpaired) electrons. The molecule has 0 spiro atoms. The van der Waals surface area contributed by atoms with Gasteiger partial charge in [0.1, 0.15) is 0 Å². The molecule has 3 rings (SSSR count). The Balaban J connectivity index is 2.09. The van der Waals surface area contributed by atoms with E-state index in [1.165, 1.54) is 23.9 Å². The number of aryl methyl sites for hydroxylation is 2. The smallest absolute Gasteiger partial charge is 0.358 e. The fourth-order valence-electron chi connectivity index (χ4n) is 2.32. The van der Waals surface area contributed by atoms with E-state index in [-0.39, 0.29) is 5.69 Å². The van der Waals surface area contributed by atoms with E-state index in [1.807, 2.05) is 18.2 Å². The lowest BCUT2D eigenvalue weighted by molar-refractivity contribution is 0.0691. The summed E-state index contributed by atoms with van der Waals surface area (Å²) in [5, 5.41) is 8.99. The van der Waals surface area contributed by atoms with Gasteiger partial charge in [-0.25, -0.2) is 9.78 Å². The second kappa shape index (κ2) is 3.73. The number of benzene rings is 1. The molecule has 0 amide bonds. The summed E-state index contributed by atoms with van der Waals surface area (Å²) in [7, 11) is 0. The summed E-state index contributed by atoms with van der Waals surface area (Å²) in [6.07, 6.45) is 4.50. The molecule has 1 aromatic carbocycles. The summed E-state index contributed by atoms with van der Waals surface area (Å²) in [6.45, 7) is 0. The quantitative estimate of drug-likeness (QED) is 0.859. The fourth-order valence-corrected chi connectivity index (χ4v) is 2.32. The van der Waals surface area contributed by atoms with E-state index in [2.05, 4.69) is 4.98 Å². The molecule has 4 nitrogen and oxygen atoms in total. The molecule has 1 N–H and O–H groups in total. The maximum absolute atomic E-state index is 11.0. The van der Waals surface area contributed by atoms with Crippen molar-refractivity contribution in [2.75, 3.05) is 0 Å². The average Bonchev–Trinajstić information content (AvgIpc) is 2.96. The molecule has 0 aliphatic heterocycles. The number of rotatable bonds is 2. The first-order chi connectivity index (χ1) is 8.25. The first-order valence-electron chi connectivity index (χ1n) is 5.54. The minimum atomic E-state index is -1.06. The summed E-state index contributed by atoms with van der Waals surface area (Å²) < 4.78 is 5.18. The van der Waals surface area contributed by atoms with Gasteiger partial charge in [0.25, 0.3) is 0 Å². The van der Waals surface area contributed by atoms with Gasteiger partial charge in [0.2, 0.25) is 0 Å². The van der Waals surface area contributed by atoms with Crippen molar-refractivity contribution in [3.05, 3.63) is 41.4 Å². The summed E-state index contributed by atoms with van der Waals surface area (Å²) in [5.74, 6) is -0.721. The van der Waals surface area contributed by atoms with Crippen LogP contribution in [-0.4, -0.2) is 16.1 Å². The molecule has 1 heterocycles. The lowest BCUT2D eigenvalue weighted by atomic mass is 10.0. The van der Waals surface area contributed by atoms with Crippen molar-refractivity contribution >= 4 is 5.97 Å². The van der Waals surface area contributed by atoms with Crippen molar-refractivity contribution < 1.29 is 14.3 Å². The van der Waals surface area contributed by atoms with Crippen LogP contribution >= 0.6 is 0 Å². The number of oxazole rings is 1. The van der Waals surface area contributed by atoms with Crippen molar-refractivity contribution in [1.29, 1.82) is 0 Å². The van der Waals surface area contributed by atoms with Crippen molar-refractivity contribution in [2.45, 2.75) is 19.3 Å². The second-order valence-electron chi connectivity index (χ2n) is 4.17. The van der Waals surface area contributed by atoms with Gasteiger partial charge < -0.3 is 9.52 Å². The van der Waals surface area contributed by atoms with E-state index < -0.39 is 5.97 Å². The minimum Gasteiger partial charge on any atom is -0.476 e. The Bertz CT molecular complexity index is 586. The lowest BCUT2D eigenvalue weighted by Gasteiger charge is -2.02. The Morgan fingerprint density at radius 3 is 2.94 bits per heavy atom. The molecule has 2 aromatic rings. The summed E-state index contributed by atoms with van der Waals surface area (Å²) in [4.78, 5) is 14.7. The van der Waals surface area contributed by atoms with E-state index in [4.69, 9.17) is 9.52 Å². The van der Waals surface area contributed by atoms with Gasteiger partial charge in [0.15, 0.2) is 17.8 Å². The van der Waals surface area contributed by atoms with Gasteiger partial charge in [-0.3, -0.25) is 0 Å². The molecule has 86 valence electrons. The topological polar surface area (TPSA) is 63.3 Å². The largest absolute Gasteiger partial charge is 0.476 e. The normalized spacial score (nSPS) is 13.6. The monoisotopic (exact) mass is 229 g/mol. The van der Waals surface area contributed by atoms with Crippen LogP contribution in [0.1, 0.15) is 28.0 Å². The number of aromatic nitrogens is 1. The third-order valence-corrected chi connectivity index (χ3v) is 3.13. The number of fused-ring (bicyclic) bond motifs is 1. The highest BCUT2D eigenvalue weighted by molar-refractivity contribution is 5.92. The van der Waals surface area contributed by atoms with Gasteiger partial charge in [-0.1, -0.05) is 12.1 Å². The Morgan fingerprint density at radius 2 is 2.12 bits per heavy atom. The van der Waals surface area contributed by atoms with Gasteiger partial charge in [-0.2, -0.15) is 0 Å².